The fraction of sp³-hybridized carbons (Fsp3) is 0.148. The molecule has 0 amide bonds. The van der Waals surface area contributed by atoms with Crippen LogP contribution < -0.4 is 5.32 Å². The first-order chi connectivity index (χ1) is 16.8. The molecule has 5 rings (SSSR count). The lowest BCUT2D eigenvalue weighted by atomic mass is 10.0. The first kappa shape index (κ1) is 23.4. The SMILES string of the molecule is N#Cc1ccc2c(C(NCc3cc4ccccc4s3)C(F)(F)F)cn(Cc3ccc(Cl)cc3)c2c1. The lowest BCUT2D eigenvalue weighted by Gasteiger charge is -2.21. The summed E-state index contributed by atoms with van der Waals surface area (Å²) in [7, 11) is 0. The monoisotopic (exact) mass is 509 g/mol. The molecule has 0 bridgehead atoms. The maximum atomic E-state index is 14.3. The second-order valence-corrected chi connectivity index (χ2v) is 9.89. The molecule has 1 N–H and O–H groups in total. The van der Waals surface area contributed by atoms with E-state index in [9.17, 15) is 18.4 Å². The van der Waals surface area contributed by atoms with Gasteiger partial charge in [-0.25, -0.2) is 0 Å². The number of nitrogens with zero attached hydrogens (tertiary/aromatic N) is 2. The van der Waals surface area contributed by atoms with Gasteiger partial charge in [-0.3, -0.25) is 5.32 Å². The van der Waals surface area contributed by atoms with Crippen LogP contribution in [0.4, 0.5) is 13.2 Å². The van der Waals surface area contributed by atoms with Gasteiger partial charge in [0.1, 0.15) is 6.04 Å². The van der Waals surface area contributed by atoms with Crippen molar-refractivity contribution in [3.8, 4) is 6.07 Å². The molecule has 0 fully saturated rings. The Labute approximate surface area is 209 Å². The van der Waals surface area contributed by atoms with E-state index in [1.165, 1.54) is 17.5 Å². The average molecular weight is 510 g/mol. The minimum absolute atomic E-state index is 0.0870. The summed E-state index contributed by atoms with van der Waals surface area (Å²) < 4.78 is 45.8. The fourth-order valence-corrected chi connectivity index (χ4v) is 5.41. The maximum absolute atomic E-state index is 14.3. The smallest absolute Gasteiger partial charge is 0.343 e. The van der Waals surface area contributed by atoms with Crippen LogP contribution in [-0.4, -0.2) is 10.7 Å². The Kier molecular flexibility index (Phi) is 6.28. The Hall–Kier alpha value is -3.31. The molecular weight excluding hydrogens is 491 g/mol. The van der Waals surface area contributed by atoms with Crippen LogP contribution in [0.3, 0.4) is 0 Å². The van der Waals surface area contributed by atoms with Crippen molar-refractivity contribution in [1.82, 2.24) is 9.88 Å². The summed E-state index contributed by atoms with van der Waals surface area (Å²) in [5.74, 6) is 0. The van der Waals surface area contributed by atoms with Crippen molar-refractivity contribution in [3.63, 3.8) is 0 Å². The standard InChI is InChI=1S/C27H19ClF3N3S/c28-20-8-5-17(6-9-20)15-34-16-23(22-10-7-18(13-32)11-24(22)34)26(27(29,30)31)33-14-21-12-19-3-1-2-4-25(19)35-21/h1-12,16,26,33H,14-15H2. The first-order valence-electron chi connectivity index (χ1n) is 10.9. The minimum atomic E-state index is -4.51. The van der Waals surface area contributed by atoms with Crippen molar-refractivity contribution >= 4 is 43.9 Å². The first-order valence-corrected chi connectivity index (χ1v) is 12.1. The van der Waals surface area contributed by atoms with Crippen molar-refractivity contribution < 1.29 is 13.2 Å². The Balaban J connectivity index is 1.53. The molecule has 0 saturated heterocycles. The number of aromatic nitrogens is 1. The molecule has 35 heavy (non-hydrogen) atoms. The molecule has 0 aliphatic rings. The van der Waals surface area contributed by atoms with Crippen LogP contribution in [0.5, 0.6) is 0 Å². The highest BCUT2D eigenvalue weighted by Gasteiger charge is 2.42. The molecule has 0 aliphatic heterocycles. The van der Waals surface area contributed by atoms with Gasteiger partial charge in [0.25, 0.3) is 0 Å². The number of hydrogen-bond donors (Lipinski definition) is 1. The van der Waals surface area contributed by atoms with Gasteiger partial charge in [0.2, 0.25) is 0 Å². The summed E-state index contributed by atoms with van der Waals surface area (Å²) in [6, 6.07) is 21.8. The van der Waals surface area contributed by atoms with E-state index in [-0.39, 0.29) is 12.1 Å². The number of thiophene rings is 1. The van der Waals surface area contributed by atoms with Crippen molar-refractivity contribution in [2.45, 2.75) is 25.3 Å². The number of halogens is 4. The molecule has 176 valence electrons. The quantitative estimate of drug-likeness (QED) is 0.253. The van der Waals surface area contributed by atoms with Gasteiger partial charge in [-0.15, -0.1) is 11.3 Å². The van der Waals surface area contributed by atoms with Crippen LogP contribution in [0.15, 0.2) is 79.0 Å². The molecule has 3 nitrogen and oxygen atoms in total. The zero-order chi connectivity index (χ0) is 24.6. The molecule has 5 aromatic rings. The van der Waals surface area contributed by atoms with Gasteiger partial charge in [-0.05, 0) is 47.3 Å². The molecule has 8 heteroatoms. The minimum Gasteiger partial charge on any atom is -0.343 e. The lowest BCUT2D eigenvalue weighted by molar-refractivity contribution is -0.157. The van der Waals surface area contributed by atoms with E-state index in [0.717, 1.165) is 20.5 Å². The highest BCUT2D eigenvalue weighted by Crippen LogP contribution is 2.38. The van der Waals surface area contributed by atoms with Crippen molar-refractivity contribution in [2.75, 3.05) is 0 Å². The van der Waals surface area contributed by atoms with E-state index in [2.05, 4.69) is 11.4 Å². The van der Waals surface area contributed by atoms with E-state index in [1.54, 1.807) is 34.9 Å². The molecule has 0 saturated carbocycles. The van der Waals surface area contributed by atoms with Gasteiger partial charge >= 0.3 is 6.18 Å². The van der Waals surface area contributed by atoms with E-state index in [4.69, 9.17) is 11.6 Å². The molecule has 1 atom stereocenters. The molecule has 1 unspecified atom stereocenters. The van der Waals surface area contributed by atoms with Crippen LogP contribution in [-0.2, 0) is 13.1 Å². The molecule has 2 heterocycles. The fourth-order valence-electron chi connectivity index (χ4n) is 4.27. The zero-order valence-electron chi connectivity index (χ0n) is 18.3. The second kappa shape index (κ2) is 9.38. The molecule has 3 aromatic carbocycles. The van der Waals surface area contributed by atoms with Crippen LogP contribution in [0.2, 0.25) is 5.02 Å². The van der Waals surface area contributed by atoms with Gasteiger partial charge < -0.3 is 4.57 Å². The van der Waals surface area contributed by atoms with Gasteiger partial charge in [-0.2, -0.15) is 18.4 Å². The number of nitrogens with one attached hydrogen (secondary N) is 1. The molecule has 2 aromatic heterocycles. The highest BCUT2D eigenvalue weighted by atomic mass is 35.5. The largest absolute Gasteiger partial charge is 0.407 e. The number of benzene rings is 3. The number of alkyl halides is 3. The summed E-state index contributed by atoms with van der Waals surface area (Å²) in [5.41, 5.74) is 1.99. The third-order valence-electron chi connectivity index (χ3n) is 5.90. The molecule has 0 radical (unpaired) electrons. The maximum Gasteiger partial charge on any atom is 0.407 e. The highest BCUT2D eigenvalue weighted by molar-refractivity contribution is 7.19. The Bertz CT molecular complexity index is 1510. The number of fused-ring (bicyclic) bond motifs is 2. The van der Waals surface area contributed by atoms with Gasteiger partial charge in [0, 0.05) is 50.4 Å². The molecule has 0 aliphatic carbocycles. The zero-order valence-corrected chi connectivity index (χ0v) is 19.9. The van der Waals surface area contributed by atoms with E-state index < -0.39 is 12.2 Å². The summed E-state index contributed by atoms with van der Waals surface area (Å²) in [6.45, 7) is 0.438. The van der Waals surface area contributed by atoms with Gasteiger partial charge in [-0.1, -0.05) is 48.0 Å². The predicted molar refractivity (Wildman–Crippen MR) is 135 cm³/mol. The van der Waals surface area contributed by atoms with Crippen LogP contribution >= 0.6 is 22.9 Å². The molecular formula is C27H19ClF3N3S. The predicted octanol–water partition coefficient (Wildman–Crippen LogP) is 7.82. The summed E-state index contributed by atoms with van der Waals surface area (Å²) in [6.07, 6.45) is -2.97. The topological polar surface area (TPSA) is 40.8 Å². The number of hydrogen-bond acceptors (Lipinski definition) is 3. The van der Waals surface area contributed by atoms with E-state index in [0.29, 0.717) is 28.0 Å². The van der Waals surface area contributed by atoms with Crippen LogP contribution in [0.25, 0.3) is 21.0 Å². The average Bonchev–Trinajstić information content (AvgIpc) is 3.41. The Morgan fingerprint density at radius 1 is 1.03 bits per heavy atom. The van der Waals surface area contributed by atoms with Gasteiger partial charge in [0.05, 0.1) is 11.6 Å². The van der Waals surface area contributed by atoms with Gasteiger partial charge in [0.15, 0.2) is 0 Å². The third kappa shape index (κ3) is 4.92. The summed E-state index contributed by atoms with van der Waals surface area (Å²) in [5, 5.41) is 14.2. The normalized spacial score (nSPS) is 12.8. The second-order valence-electron chi connectivity index (χ2n) is 8.29. The lowest BCUT2D eigenvalue weighted by Crippen LogP contribution is -2.33. The molecule has 0 spiro atoms. The van der Waals surface area contributed by atoms with Crippen LogP contribution in [0, 0.1) is 11.3 Å². The van der Waals surface area contributed by atoms with Crippen molar-refractivity contribution in [1.29, 1.82) is 5.26 Å². The number of nitriles is 1. The number of rotatable bonds is 6. The van der Waals surface area contributed by atoms with Crippen molar-refractivity contribution in [3.05, 3.63) is 106 Å². The van der Waals surface area contributed by atoms with Crippen molar-refractivity contribution in [2.24, 2.45) is 0 Å². The third-order valence-corrected chi connectivity index (χ3v) is 7.27. The summed E-state index contributed by atoms with van der Waals surface area (Å²) in [4.78, 5) is 0.831. The van der Waals surface area contributed by atoms with E-state index in [1.807, 2.05) is 42.5 Å². The van der Waals surface area contributed by atoms with E-state index >= 15 is 0 Å². The summed E-state index contributed by atoms with van der Waals surface area (Å²) >= 11 is 7.46. The van der Waals surface area contributed by atoms with Crippen LogP contribution in [0.1, 0.15) is 27.6 Å². The Morgan fingerprint density at radius 2 is 1.80 bits per heavy atom. The Morgan fingerprint density at radius 3 is 2.51 bits per heavy atom.